The van der Waals surface area contributed by atoms with Crippen molar-refractivity contribution in [1.82, 2.24) is 29.9 Å². The van der Waals surface area contributed by atoms with Gasteiger partial charge in [-0.2, -0.15) is 15.0 Å². The van der Waals surface area contributed by atoms with E-state index in [1.807, 2.05) is 0 Å². The zero-order valence-electron chi connectivity index (χ0n) is 15.6. The van der Waals surface area contributed by atoms with Crippen LogP contribution < -0.4 is 22.9 Å². The first-order chi connectivity index (χ1) is 13.5. The Labute approximate surface area is 162 Å². The largest absolute Gasteiger partial charge is 0.383 e. The Balaban J connectivity index is 0.000000143. The molecule has 3 aromatic rings. The summed E-state index contributed by atoms with van der Waals surface area (Å²) in [5, 5.41) is 0. The van der Waals surface area contributed by atoms with Crippen LogP contribution >= 0.6 is 0 Å². The fourth-order valence-electron chi connectivity index (χ4n) is 3.68. The number of fused-ring (bicyclic) bond motifs is 3. The second kappa shape index (κ2) is 7.37. The third-order valence-corrected chi connectivity index (χ3v) is 5.04. The molecule has 10 nitrogen and oxygen atoms in total. The Morgan fingerprint density at radius 1 is 0.500 bits per heavy atom. The number of aromatic nitrogens is 6. The number of hydrogen-bond donors (Lipinski definition) is 4. The standard InChI is InChI=1S/C10H12N6.C8H12N4/c11-8-7-9(16-10(12)15-8)14-6-4-2-1-3-5(6)13-7;9-7-5-3-1-2-4-6(5)11-8(10)12-7/h1-4H2,(H4,11,12,14,15,16);1-4H2,(H4,9,10,11,12). The van der Waals surface area contributed by atoms with Crippen molar-refractivity contribution in [3.63, 3.8) is 0 Å². The predicted octanol–water partition coefficient (Wildman–Crippen LogP) is 0.983. The van der Waals surface area contributed by atoms with Gasteiger partial charge < -0.3 is 22.9 Å². The number of nitrogens with two attached hydrogens (primary N) is 4. The summed E-state index contributed by atoms with van der Waals surface area (Å²) in [4.78, 5) is 25.0. The van der Waals surface area contributed by atoms with Crippen molar-refractivity contribution in [3.8, 4) is 0 Å². The molecule has 0 fully saturated rings. The zero-order valence-corrected chi connectivity index (χ0v) is 15.6. The molecule has 2 aliphatic carbocycles. The first-order valence-corrected chi connectivity index (χ1v) is 9.50. The van der Waals surface area contributed by atoms with Gasteiger partial charge >= 0.3 is 0 Å². The molecule has 0 aliphatic heterocycles. The smallest absolute Gasteiger partial charge is 0.224 e. The van der Waals surface area contributed by atoms with Crippen LogP contribution in [-0.4, -0.2) is 29.9 Å². The van der Waals surface area contributed by atoms with Crippen molar-refractivity contribution < 1.29 is 0 Å². The summed E-state index contributed by atoms with van der Waals surface area (Å²) in [7, 11) is 0. The lowest BCUT2D eigenvalue weighted by atomic mass is 9.97. The lowest BCUT2D eigenvalue weighted by Crippen LogP contribution is -2.12. The molecule has 3 heterocycles. The molecule has 0 amide bonds. The third kappa shape index (κ3) is 3.57. The molecule has 0 aromatic carbocycles. The van der Waals surface area contributed by atoms with Crippen LogP contribution in [0, 0.1) is 0 Å². The molecular formula is C18H24N10. The molecule has 146 valence electrons. The molecule has 0 bridgehead atoms. The van der Waals surface area contributed by atoms with Crippen molar-refractivity contribution in [3.05, 3.63) is 22.6 Å². The maximum absolute atomic E-state index is 5.76. The number of anilines is 4. The zero-order chi connectivity index (χ0) is 19.7. The van der Waals surface area contributed by atoms with Crippen LogP contribution in [0.1, 0.15) is 48.3 Å². The summed E-state index contributed by atoms with van der Waals surface area (Å²) in [5.41, 5.74) is 27.8. The SMILES string of the molecule is Nc1nc(N)c2c(n1)CCCC2.Nc1nc(N)c2nc3c(nc2n1)CCCC3. The molecule has 0 radical (unpaired) electrons. The van der Waals surface area contributed by atoms with Gasteiger partial charge in [0.05, 0.1) is 17.1 Å². The molecule has 3 aromatic heterocycles. The van der Waals surface area contributed by atoms with Crippen molar-refractivity contribution in [1.29, 1.82) is 0 Å². The lowest BCUT2D eigenvalue weighted by molar-refractivity contribution is 0.654. The second-order valence-electron chi connectivity index (χ2n) is 7.06. The Kier molecular flexibility index (Phi) is 4.76. The minimum Gasteiger partial charge on any atom is -0.383 e. The summed E-state index contributed by atoms with van der Waals surface area (Å²) in [5.74, 6) is 1.32. The minimum absolute atomic E-state index is 0.148. The van der Waals surface area contributed by atoms with Crippen LogP contribution in [0.5, 0.6) is 0 Å². The van der Waals surface area contributed by atoms with Crippen molar-refractivity contribution >= 4 is 34.7 Å². The van der Waals surface area contributed by atoms with Gasteiger partial charge in [-0.3, -0.25) is 0 Å². The topological polar surface area (TPSA) is 181 Å². The summed E-state index contributed by atoms with van der Waals surface area (Å²) in [6.45, 7) is 0. The van der Waals surface area contributed by atoms with E-state index in [-0.39, 0.29) is 5.95 Å². The average Bonchev–Trinajstić information content (AvgIpc) is 2.67. The van der Waals surface area contributed by atoms with Crippen LogP contribution in [0.25, 0.3) is 11.2 Å². The molecule has 0 spiro atoms. The third-order valence-electron chi connectivity index (χ3n) is 5.04. The van der Waals surface area contributed by atoms with Gasteiger partial charge in [0.15, 0.2) is 17.0 Å². The molecule has 8 N–H and O–H groups in total. The second-order valence-corrected chi connectivity index (χ2v) is 7.06. The van der Waals surface area contributed by atoms with Crippen molar-refractivity contribution in [2.45, 2.75) is 51.4 Å². The van der Waals surface area contributed by atoms with Gasteiger partial charge in [-0.15, -0.1) is 0 Å². The molecule has 10 heteroatoms. The van der Waals surface area contributed by atoms with E-state index in [2.05, 4.69) is 29.9 Å². The van der Waals surface area contributed by atoms with Gasteiger partial charge in [-0.05, 0) is 51.4 Å². The fourth-order valence-corrected chi connectivity index (χ4v) is 3.68. The van der Waals surface area contributed by atoms with Gasteiger partial charge in [0.2, 0.25) is 11.9 Å². The van der Waals surface area contributed by atoms with E-state index in [9.17, 15) is 0 Å². The van der Waals surface area contributed by atoms with Gasteiger partial charge in [0.25, 0.3) is 0 Å². The maximum atomic E-state index is 5.76. The summed E-state index contributed by atoms with van der Waals surface area (Å²) in [6, 6.07) is 0. The summed E-state index contributed by atoms with van der Waals surface area (Å²) >= 11 is 0. The molecule has 0 saturated carbocycles. The van der Waals surface area contributed by atoms with Crippen LogP contribution in [0.4, 0.5) is 23.5 Å². The highest BCUT2D eigenvalue weighted by molar-refractivity contribution is 5.82. The van der Waals surface area contributed by atoms with Crippen molar-refractivity contribution in [2.24, 2.45) is 0 Å². The summed E-state index contributed by atoms with van der Waals surface area (Å²) in [6.07, 6.45) is 8.59. The Hall–Kier alpha value is -3.30. The van der Waals surface area contributed by atoms with E-state index in [0.29, 0.717) is 28.7 Å². The minimum atomic E-state index is 0.148. The van der Waals surface area contributed by atoms with E-state index in [4.69, 9.17) is 22.9 Å². The van der Waals surface area contributed by atoms with Crippen molar-refractivity contribution in [2.75, 3.05) is 22.9 Å². The maximum Gasteiger partial charge on any atom is 0.224 e. The van der Waals surface area contributed by atoms with Gasteiger partial charge in [-0.1, -0.05) is 0 Å². The molecule has 28 heavy (non-hydrogen) atoms. The monoisotopic (exact) mass is 380 g/mol. The van der Waals surface area contributed by atoms with Gasteiger partial charge in [0.1, 0.15) is 5.82 Å². The number of rotatable bonds is 0. The van der Waals surface area contributed by atoms with Crippen LogP contribution in [0.15, 0.2) is 0 Å². The molecule has 2 aliphatic rings. The number of nitrogen functional groups attached to an aromatic ring is 4. The molecule has 0 unspecified atom stereocenters. The lowest BCUT2D eigenvalue weighted by Gasteiger charge is -2.15. The van der Waals surface area contributed by atoms with Crippen LogP contribution in [0.2, 0.25) is 0 Å². The van der Waals surface area contributed by atoms with Crippen LogP contribution in [0.3, 0.4) is 0 Å². The van der Waals surface area contributed by atoms with E-state index in [0.717, 1.165) is 61.2 Å². The van der Waals surface area contributed by atoms with Gasteiger partial charge in [-0.25, -0.2) is 15.0 Å². The summed E-state index contributed by atoms with van der Waals surface area (Å²) < 4.78 is 0. The number of nitrogens with zero attached hydrogens (tertiary/aromatic N) is 6. The highest BCUT2D eigenvalue weighted by Crippen LogP contribution is 2.24. The highest BCUT2D eigenvalue weighted by atomic mass is 15.1. The first-order valence-electron chi connectivity index (χ1n) is 9.50. The molecule has 0 saturated heterocycles. The fraction of sp³-hybridized carbons (Fsp3) is 0.444. The Morgan fingerprint density at radius 3 is 1.82 bits per heavy atom. The van der Waals surface area contributed by atoms with Crippen LogP contribution in [-0.2, 0) is 25.7 Å². The number of hydrogen-bond acceptors (Lipinski definition) is 10. The molecule has 5 rings (SSSR count). The normalized spacial score (nSPS) is 15.3. The van der Waals surface area contributed by atoms with E-state index in [1.54, 1.807) is 0 Å². The number of aryl methyl sites for hydroxylation is 3. The average molecular weight is 380 g/mol. The predicted molar refractivity (Wildman–Crippen MR) is 108 cm³/mol. The molecular weight excluding hydrogens is 356 g/mol. The van der Waals surface area contributed by atoms with E-state index < -0.39 is 0 Å². The van der Waals surface area contributed by atoms with E-state index >= 15 is 0 Å². The Morgan fingerprint density at radius 2 is 1.07 bits per heavy atom. The quantitative estimate of drug-likeness (QED) is 0.438. The van der Waals surface area contributed by atoms with E-state index in [1.165, 1.54) is 12.8 Å². The first kappa shape index (κ1) is 18.1. The highest BCUT2D eigenvalue weighted by Gasteiger charge is 2.16. The molecule has 0 atom stereocenters. The Bertz CT molecular complexity index is 1030. The van der Waals surface area contributed by atoms with Gasteiger partial charge in [0, 0.05) is 5.56 Å².